The fourth-order valence-corrected chi connectivity index (χ4v) is 1.75. The van der Waals surface area contributed by atoms with Gasteiger partial charge in [-0.2, -0.15) is 5.10 Å². The third-order valence-electron chi connectivity index (χ3n) is 2.60. The predicted octanol–water partition coefficient (Wildman–Crippen LogP) is 1.51. The number of aromatic nitrogens is 3. The second-order valence-corrected chi connectivity index (χ2v) is 3.99. The summed E-state index contributed by atoms with van der Waals surface area (Å²) in [7, 11) is 1.75. The highest BCUT2D eigenvalue weighted by molar-refractivity contribution is 5.98. The molecule has 0 atom stereocenters. The van der Waals surface area contributed by atoms with E-state index in [0.29, 0.717) is 22.9 Å². The van der Waals surface area contributed by atoms with Crippen molar-refractivity contribution in [3.8, 4) is 11.6 Å². The van der Waals surface area contributed by atoms with E-state index in [-0.39, 0.29) is 5.84 Å². The molecule has 94 valence electrons. The molecule has 0 aromatic carbocycles. The zero-order valence-electron chi connectivity index (χ0n) is 10.6. The average molecular weight is 245 g/mol. The van der Waals surface area contributed by atoms with Gasteiger partial charge in [-0.1, -0.05) is 0 Å². The Morgan fingerprint density at radius 3 is 2.72 bits per heavy atom. The lowest BCUT2D eigenvalue weighted by atomic mass is 10.2. The van der Waals surface area contributed by atoms with Gasteiger partial charge in [-0.25, -0.2) is 4.68 Å². The van der Waals surface area contributed by atoms with Crippen molar-refractivity contribution in [2.75, 3.05) is 0 Å². The van der Waals surface area contributed by atoms with Gasteiger partial charge in [0.2, 0.25) is 5.88 Å². The van der Waals surface area contributed by atoms with E-state index in [0.717, 1.165) is 5.69 Å². The van der Waals surface area contributed by atoms with Crippen LogP contribution in [0.1, 0.15) is 17.0 Å². The summed E-state index contributed by atoms with van der Waals surface area (Å²) in [5.74, 6) is 1.02. The molecule has 0 fully saturated rings. The summed E-state index contributed by atoms with van der Waals surface area (Å²) in [6.07, 6.45) is 1.70. The molecule has 2 aromatic rings. The molecule has 18 heavy (non-hydrogen) atoms. The van der Waals surface area contributed by atoms with Crippen molar-refractivity contribution in [3.63, 3.8) is 0 Å². The number of nitrogen functional groups attached to an aromatic ring is 1. The van der Waals surface area contributed by atoms with E-state index < -0.39 is 0 Å². The van der Waals surface area contributed by atoms with E-state index in [1.54, 1.807) is 30.9 Å². The smallest absolute Gasteiger partial charge is 0.228 e. The van der Waals surface area contributed by atoms with Gasteiger partial charge in [0.25, 0.3) is 0 Å². The minimum Gasteiger partial charge on any atom is -0.437 e. The summed E-state index contributed by atoms with van der Waals surface area (Å²) in [6, 6.07) is 3.60. The molecule has 2 rings (SSSR count). The first-order chi connectivity index (χ1) is 8.50. The molecule has 0 saturated carbocycles. The van der Waals surface area contributed by atoms with Crippen molar-refractivity contribution in [3.05, 3.63) is 35.3 Å². The van der Waals surface area contributed by atoms with E-state index in [9.17, 15) is 0 Å². The summed E-state index contributed by atoms with van der Waals surface area (Å²) in [5, 5.41) is 11.8. The van der Waals surface area contributed by atoms with Crippen molar-refractivity contribution in [1.82, 2.24) is 14.8 Å². The van der Waals surface area contributed by atoms with Crippen LogP contribution in [0.25, 0.3) is 0 Å². The van der Waals surface area contributed by atoms with Crippen LogP contribution < -0.4 is 10.5 Å². The number of ether oxygens (including phenoxy) is 1. The van der Waals surface area contributed by atoms with Crippen LogP contribution in [0.2, 0.25) is 0 Å². The molecule has 0 aliphatic rings. The van der Waals surface area contributed by atoms with Crippen molar-refractivity contribution in [1.29, 1.82) is 5.41 Å². The number of amidine groups is 1. The molecular formula is C12H15N5O. The molecule has 2 heterocycles. The average Bonchev–Trinajstić information content (AvgIpc) is 2.57. The minimum atomic E-state index is -0.0582. The number of aryl methyl sites for hydroxylation is 3. The van der Waals surface area contributed by atoms with Crippen LogP contribution >= 0.6 is 0 Å². The number of hydrogen-bond donors (Lipinski definition) is 2. The maximum Gasteiger partial charge on any atom is 0.228 e. The van der Waals surface area contributed by atoms with Gasteiger partial charge in [0, 0.05) is 13.2 Å². The lowest BCUT2D eigenvalue weighted by Crippen LogP contribution is -2.13. The summed E-state index contributed by atoms with van der Waals surface area (Å²) >= 11 is 0. The third-order valence-corrected chi connectivity index (χ3v) is 2.60. The van der Waals surface area contributed by atoms with E-state index in [1.165, 1.54) is 0 Å². The number of hydrogen-bond acceptors (Lipinski definition) is 4. The van der Waals surface area contributed by atoms with Crippen molar-refractivity contribution < 1.29 is 4.74 Å². The fraction of sp³-hybridized carbons (Fsp3) is 0.250. The fourth-order valence-electron chi connectivity index (χ4n) is 1.75. The molecule has 0 unspecified atom stereocenters. The maximum atomic E-state index is 7.58. The van der Waals surface area contributed by atoms with Crippen molar-refractivity contribution in [2.45, 2.75) is 13.8 Å². The number of nitrogens with zero attached hydrogens (tertiary/aromatic N) is 3. The highest BCUT2D eigenvalue weighted by Crippen LogP contribution is 2.27. The normalized spacial score (nSPS) is 10.4. The minimum absolute atomic E-state index is 0.0582. The van der Waals surface area contributed by atoms with Gasteiger partial charge >= 0.3 is 0 Å². The van der Waals surface area contributed by atoms with Gasteiger partial charge in [0.05, 0.1) is 11.4 Å². The van der Waals surface area contributed by atoms with Crippen molar-refractivity contribution in [2.24, 2.45) is 12.8 Å². The Hall–Kier alpha value is -2.37. The molecule has 6 nitrogen and oxygen atoms in total. The Balaban J connectivity index is 2.47. The topological polar surface area (TPSA) is 89.8 Å². The Kier molecular flexibility index (Phi) is 3.01. The SMILES string of the molecule is Cc1ncccc1Oc1c(C(=N)N)c(C)nn1C. The second-order valence-electron chi connectivity index (χ2n) is 3.99. The molecule has 2 aromatic heterocycles. The molecule has 0 spiro atoms. The lowest BCUT2D eigenvalue weighted by Gasteiger charge is -2.09. The highest BCUT2D eigenvalue weighted by Gasteiger charge is 2.18. The molecule has 6 heteroatoms. The molecule has 0 amide bonds. The van der Waals surface area contributed by atoms with Gasteiger partial charge < -0.3 is 10.5 Å². The molecule has 0 radical (unpaired) electrons. The van der Waals surface area contributed by atoms with Crippen LogP contribution in [0.4, 0.5) is 0 Å². The molecule has 3 N–H and O–H groups in total. The van der Waals surface area contributed by atoms with Crippen LogP contribution in [-0.2, 0) is 7.05 Å². The van der Waals surface area contributed by atoms with Crippen LogP contribution in [0.3, 0.4) is 0 Å². The predicted molar refractivity (Wildman–Crippen MR) is 68.0 cm³/mol. The Labute approximate surface area is 105 Å². The van der Waals surface area contributed by atoms with Gasteiger partial charge in [0.1, 0.15) is 11.4 Å². The van der Waals surface area contributed by atoms with E-state index in [2.05, 4.69) is 10.1 Å². The Morgan fingerprint density at radius 2 is 2.11 bits per heavy atom. The van der Waals surface area contributed by atoms with Gasteiger partial charge in [-0.05, 0) is 26.0 Å². The van der Waals surface area contributed by atoms with Crippen LogP contribution in [0.15, 0.2) is 18.3 Å². The summed E-state index contributed by atoms with van der Waals surface area (Å²) < 4.78 is 7.34. The largest absolute Gasteiger partial charge is 0.437 e. The van der Waals surface area contributed by atoms with Gasteiger partial charge in [-0.15, -0.1) is 0 Å². The third kappa shape index (κ3) is 2.04. The van der Waals surface area contributed by atoms with Crippen molar-refractivity contribution >= 4 is 5.84 Å². The highest BCUT2D eigenvalue weighted by atomic mass is 16.5. The summed E-state index contributed by atoms with van der Waals surface area (Å²) in [5.41, 5.74) is 7.51. The molecule has 0 bridgehead atoms. The first kappa shape index (κ1) is 12.1. The van der Waals surface area contributed by atoms with Gasteiger partial charge in [-0.3, -0.25) is 10.4 Å². The Bertz CT molecular complexity index is 603. The first-order valence-electron chi connectivity index (χ1n) is 5.48. The van der Waals surface area contributed by atoms with E-state index >= 15 is 0 Å². The number of rotatable bonds is 3. The van der Waals surface area contributed by atoms with E-state index in [1.807, 2.05) is 13.0 Å². The monoisotopic (exact) mass is 245 g/mol. The maximum absolute atomic E-state index is 7.58. The van der Waals surface area contributed by atoms with Gasteiger partial charge in [0.15, 0.2) is 5.75 Å². The second kappa shape index (κ2) is 4.48. The zero-order valence-corrected chi connectivity index (χ0v) is 10.6. The number of pyridine rings is 1. The molecule has 0 aliphatic heterocycles. The Morgan fingerprint density at radius 1 is 1.39 bits per heavy atom. The van der Waals surface area contributed by atoms with E-state index in [4.69, 9.17) is 15.9 Å². The van der Waals surface area contributed by atoms with Crippen LogP contribution in [0.5, 0.6) is 11.6 Å². The van der Waals surface area contributed by atoms with Crippen LogP contribution in [0, 0.1) is 19.3 Å². The summed E-state index contributed by atoms with van der Waals surface area (Å²) in [4.78, 5) is 4.15. The molecular weight excluding hydrogens is 230 g/mol. The standard InChI is InChI=1S/C12H15N5O/c1-7-9(5-4-6-15-7)18-12-10(11(13)14)8(2)16-17(12)3/h4-6H,1-3H3,(H3,13,14). The quantitative estimate of drug-likeness (QED) is 0.633. The number of nitrogens with two attached hydrogens (primary N) is 1. The molecule has 0 aliphatic carbocycles. The molecule has 0 saturated heterocycles. The lowest BCUT2D eigenvalue weighted by molar-refractivity contribution is 0.425. The van der Waals surface area contributed by atoms with Crippen LogP contribution in [-0.4, -0.2) is 20.6 Å². The number of nitrogens with one attached hydrogen (secondary N) is 1. The zero-order chi connectivity index (χ0) is 13.3. The first-order valence-corrected chi connectivity index (χ1v) is 5.48. The summed E-state index contributed by atoms with van der Waals surface area (Å²) in [6.45, 7) is 3.64.